The number of hydrogen-bond acceptors (Lipinski definition) is 8. The van der Waals surface area contributed by atoms with Gasteiger partial charge in [0.25, 0.3) is 0 Å². The minimum Gasteiger partial charge on any atom is -0.724 e. The highest BCUT2D eigenvalue weighted by Crippen LogP contribution is 2.06. The molecule has 0 amide bonds. The standard InChI is InChI=1S/2C10H16N.H2O8S2/c2*1-11(2,3)9-10-7-5-4-6-8-10;1-9(2,3)7-8-10(4,5)6/h2*4-8H,9H2,1-3H3;(H,1,2,3)(H,4,5,6)/q2*+1;/p-2. The monoisotopic (exact) mass is 492 g/mol. The SMILES string of the molecule is C[N+](C)(C)Cc1ccccc1.C[N+](C)(C)Cc1ccccc1.O=S(=O)([O-])OOS(=O)(=O)[O-]. The summed E-state index contributed by atoms with van der Waals surface area (Å²) in [5, 5.41) is 0. The lowest BCUT2D eigenvalue weighted by atomic mass is 10.2. The first-order valence-electron chi connectivity index (χ1n) is 9.34. The van der Waals surface area contributed by atoms with Crippen molar-refractivity contribution in [3.05, 3.63) is 71.8 Å². The minimum atomic E-state index is -5.31. The molecule has 0 atom stereocenters. The molecule has 0 aliphatic carbocycles. The smallest absolute Gasteiger partial charge is 0.246 e. The van der Waals surface area contributed by atoms with E-state index < -0.39 is 20.8 Å². The molecule has 0 spiro atoms. The molecule has 0 radical (unpaired) electrons. The van der Waals surface area contributed by atoms with Crippen LogP contribution in [0.15, 0.2) is 60.7 Å². The second-order valence-electron chi connectivity index (χ2n) is 8.82. The zero-order valence-electron chi connectivity index (χ0n) is 19.2. The van der Waals surface area contributed by atoms with Crippen LogP contribution in [0.5, 0.6) is 0 Å². The maximum atomic E-state index is 9.37. The molecule has 2 aromatic carbocycles. The van der Waals surface area contributed by atoms with Gasteiger partial charge in [0.15, 0.2) is 0 Å². The molecule has 182 valence electrons. The van der Waals surface area contributed by atoms with Gasteiger partial charge in [-0.05, 0) is 0 Å². The Bertz CT molecular complexity index is 900. The van der Waals surface area contributed by atoms with Gasteiger partial charge in [0.1, 0.15) is 13.1 Å². The van der Waals surface area contributed by atoms with Crippen molar-refractivity contribution in [3.8, 4) is 0 Å². The molecule has 0 saturated heterocycles. The zero-order valence-corrected chi connectivity index (χ0v) is 20.8. The van der Waals surface area contributed by atoms with Crippen molar-refractivity contribution in [1.29, 1.82) is 0 Å². The van der Waals surface area contributed by atoms with E-state index in [1.165, 1.54) is 11.1 Å². The molecule has 2 aromatic rings. The normalized spacial score (nSPS) is 12.1. The fraction of sp³-hybridized carbons (Fsp3) is 0.400. The third kappa shape index (κ3) is 21.3. The molecule has 0 fully saturated rings. The van der Waals surface area contributed by atoms with Gasteiger partial charge in [0.2, 0.25) is 20.8 Å². The first kappa shape index (κ1) is 30.1. The van der Waals surface area contributed by atoms with Crippen LogP contribution in [0.3, 0.4) is 0 Å². The second-order valence-corrected chi connectivity index (χ2v) is 10.7. The van der Waals surface area contributed by atoms with Gasteiger partial charge in [0, 0.05) is 11.1 Å². The maximum absolute atomic E-state index is 9.37. The molecule has 0 unspecified atom stereocenters. The van der Waals surface area contributed by atoms with Crippen molar-refractivity contribution in [1.82, 2.24) is 0 Å². The highest BCUT2D eigenvalue weighted by Gasteiger charge is 2.07. The van der Waals surface area contributed by atoms with E-state index in [2.05, 4.69) is 112 Å². The van der Waals surface area contributed by atoms with Crippen molar-refractivity contribution in [2.75, 3.05) is 42.3 Å². The van der Waals surface area contributed by atoms with Crippen LogP contribution in [0.4, 0.5) is 0 Å². The Labute approximate surface area is 191 Å². The molecule has 0 aromatic heterocycles. The molecule has 12 heteroatoms. The summed E-state index contributed by atoms with van der Waals surface area (Å²) in [5.74, 6) is 0. The van der Waals surface area contributed by atoms with E-state index in [0.717, 1.165) is 22.1 Å². The van der Waals surface area contributed by atoms with Crippen molar-refractivity contribution in [3.63, 3.8) is 0 Å². The van der Waals surface area contributed by atoms with Gasteiger partial charge in [-0.15, -0.1) is 8.67 Å². The molecule has 10 nitrogen and oxygen atoms in total. The third-order valence-electron chi connectivity index (χ3n) is 3.19. The Hall–Kier alpha value is -1.90. The molecule has 0 bridgehead atoms. The summed E-state index contributed by atoms with van der Waals surface area (Å²) in [7, 11) is 2.59. The fourth-order valence-corrected chi connectivity index (χ4v) is 2.87. The van der Waals surface area contributed by atoms with E-state index in [-0.39, 0.29) is 0 Å². The number of benzene rings is 2. The van der Waals surface area contributed by atoms with Gasteiger partial charge in [0.05, 0.1) is 42.3 Å². The number of rotatable bonds is 7. The Morgan fingerprint density at radius 3 is 1.03 bits per heavy atom. The van der Waals surface area contributed by atoms with E-state index >= 15 is 0 Å². The van der Waals surface area contributed by atoms with E-state index in [1.54, 1.807) is 0 Å². The third-order valence-corrected chi connectivity index (χ3v) is 3.75. The summed E-state index contributed by atoms with van der Waals surface area (Å²) in [4.78, 5) is 0. The summed E-state index contributed by atoms with van der Waals surface area (Å²) < 4.78 is 63.4. The van der Waals surface area contributed by atoms with Crippen LogP contribution in [0.2, 0.25) is 0 Å². The zero-order chi connectivity index (χ0) is 25.1. The largest absolute Gasteiger partial charge is 0.724 e. The minimum absolute atomic E-state index is 0.990. The average molecular weight is 493 g/mol. The van der Waals surface area contributed by atoms with E-state index in [0.29, 0.717) is 0 Å². The Morgan fingerprint density at radius 1 is 0.594 bits per heavy atom. The van der Waals surface area contributed by atoms with Crippen LogP contribution in [-0.4, -0.2) is 77.2 Å². The fourth-order valence-electron chi connectivity index (χ4n) is 2.33. The molecular weight excluding hydrogens is 460 g/mol. The second kappa shape index (κ2) is 13.0. The number of nitrogens with zero attached hydrogens (tertiary/aromatic N) is 2. The van der Waals surface area contributed by atoms with Crippen LogP contribution >= 0.6 is 0 Å². The van der Waals surface area contributed by atoms with Crippen molar-refractivity contribution < 1.29 is 43.6 Å². The molecular formula is C20H32N2O8S2. The van der Waals surface area contributed by atoms with Crippen molar-refractivity contribution in [2.24, 2.45) is 0 Å². The highest BCUT2D eigenvalue weighted by atomic mass is 32.3. The van der Waals surface area contributed by atoms with E-state index in [1.807, 2.05) is 0 Å². The Kier molecular flexibility index (Phi) is 12.2. The average Bonchev–Trinajstić information content (AvgIpc) is 2.59. The number of quaternary nitrogens is 2. The van der Waals surface area contributed by atoms with Gasteiger partial charge >= 0.3 is 0 Å². The molecule has 0 aliphatic rings. The molecule has 0 saturated carbocycles. The Morgan fingerprint density at radius 2 is 0.844 bits per heavy atom. The molecule has 2 rings (SSSR count). The Balaban J connectivity index is 0.000000452. The summed E-state index contributed by atoms with van der Waals surface area (Å²) >= 11 is 0. The lowest BCUT2D eigenvalue weighted by Crippen LogP contribution is -2.33. The summed E-state index contributed by atoms with van der Waals surface area (Å²) in [6, 6.07) is 21.1. The van der Waals surface area contributed by atoms with E-state index in [4.69, 9.17) is 0 Å². The molecule has 0 heterocycles. The van der Waals surface area contributed by atoms with Crippen LogP contribution < -0.4 is 0 Å². The summed E-state index contributed by atoms with van der Waals surface area (Å²) in [5.41, 5.74) is 2.81. The van der Waals surface area contributed by atoms with Gasteiger partial charge in [-0.3, -0.25) is 0 Å². The predicted octanol–water partition coefficient (Wildman–Crippen LogP) is 1.64. The van der Waals surface area contributed by atoms with Crippen LogP contribution in [-0.2, 0) is 42.6 Å². The summed E-state index contributed by atoms with van der Waals surface area (Å²) in [6.07, 6.45) is 0. The first-order chi connectivity index (χ1) is 14.4. The van der Waals surface area contributed by atoms with Gasteiger partial charge in [-0.25, -0.2) is 16.8 Å². The maximum Gasteiger partial charge on any atom is 0.246 e. The topological polar surface area (TPSA) is 133 Å². The van der Waals surface area contributed by atoms with Crippen LogP contribution in [0.1, 0.15) is 11.1 Å². The lowest BCUT2D eigenvalue weighted by Gasteiger charge is -2.23. The van der Waals surface area contributed by atoms with Gasteiger partial charge in [-0.1, -0.05) is 60.7 Å². The summed E-state index contributed by atoms with van der Waals surface area (Å²) in [6.45, 7) is 2.20. The van der Waals surface area contributed by atoms with E-state index in [9.17, 15) is 25.9 Å². The predicted molar refractivity (Wildman–Crippen MR) is 118 cm³/mol. The highest BCUT2D eigenvalue weighted by molar-refractivity contribution is 7.83. The molecule has 0 N–H and O–H groups in total. The molecule has 0 aliphatic heterocycles. The first-order valence-corrected chi connectivity index (χ1v) is 12.0. The molecule has 32 heavy (non-hydrogen) atoms. The van der Waals surface area contributed by atoms with Crippen molar-refractivity contribution in [2.45, 2.75) is 13.1 Å². The van der Waals surface area contributed by atoms with Crippen LogP contribution in [0.25, 0.3) is 0 Å². The quantitative estimate of drug-likeness (QED) is 0.187. The number of hydrogen-bond donors (Lipinski definition) is 0. The van der Waals surface area contributed by atoms with Gasteiger partial charge in [-0.2, -0.15) is 0 Å². The van der Waals surface area contributed by atoms with Crippen molar-refractivity contribution >= 4 is 20.8 Å². The van der Waals surface area contributed by atoms with Gasteiger partial charge < -0.3 is 18.1 Å². The van der Waals surface area contributed by atoms with Crippen LogP contribution in [0, 0.1) is 0 Å². The lowest BCUT2D eigenvalue weighted by molar-refractivity contribution is -0.884.